The predicted molar refractivity (Wildman–Crippen MR) is 68.9 cm³/mol. The molecule has 2 aliphatic carbocycles. The van der Waals surface area contributed by atoms with Crippen LogP contribution in [0.2, 0.25) is 0 Å². The zero-order valence-corrected chi connectivity index (χ0v) is 11.2. The molecule has 1 aromatic rings. The summed E-state index contributed by atoms with van der Waals surface area (Å²) in [7, 11) is 1.73. The summed E-state index contributed by atoms with van der Waals surface area (Å²) in [6.07, 6.45) is 3.65. The van der Waals surface area contributed by atoms with Gasteiger partial charge in [-0.1, -0.05) is 13.8 Å². The molecule has 1 amide bonds. The average Bonchev–Trinajstić information content (AvgIpc) is 3.16. The van der Waals surface area contributed by atoms with Crippen LogP contribution in [0.15, 0.2) is 6.07 Å². The Bertz CT molecular complexity index is 498. The number of rotatable bonds is 3. The minimum Gasteiger partial charge on any atom is -0.384 e. The fourth-order valence-electron chi connectivity index (χ4n) is 2.83. The van der Waals surface area contributed by atoms with Crippen molar-refractivity contribution < 1.29 is 4.79 Å². The number of carbonyl (C=O) groups is 1. The van der Waals surface area contributed by atoms with E-state index >= 15 is 0 Å². The van der Waals surface area contributed by atoms with E-state index in [1.165, 1.54) is 17.5 Å². The van der Waals surface area contributed by atoms with Crippen LogP contribution in [0.3, 0.4) is 0 Å². The minimum atomic E-state index is -0.111. The van der Waals surface area contributed by atoms with Gasteiger partial charge in [0.25, 0.3) is 5.91 Å². The lowest BCUT2D eigenvalue weighted by Gasteiger charge is -2.19. The molecule has 1 heterocycles. The highest BCUT2D eigenvalue weighted by Crippen LogP contribution is 2.69. The molecule has 3 N–H and O–H groups in total. The molecular formula is C13H20N4O. The Hall–Kier alpha value is -1.52. The van der Waals surface area contributed by atoms with E-state index in [1.54, 1.807) is 13.1 Å². The first kappa shape index (κ1) is 11.6. The van der Waals surface area contributed by atoms with Crippen LogP contribution in [0.4, 0.5) is 5.82 Å². The number of nitrogen functional groups attached to an aromatic ring is 1. The van der Waals surface area contributed by atoms with Gasteiger partial charge in [0.05, 0.1) is 0 Å². The van der Waals surface area contributed by atoms with E-state index in [-0.39, 0.29) is 11.3 Å². The van der Waals surface area contributed by atoms with Crippen molar-refractivity contribution in [2.75, 3.05) is 5.73 Å². The Kier molecular flexibility index (Phi) is 2.10. The smallest absolute Gasteiger partial charge is 0.272 e. The highest BCUT2D eigenvalue weighted by molar-refractivity contribution is 5.93. The van der Waals surface area contributed by atoms with Crippen LogP contribution in [0.25, 0.3) is 0 Å². The second-order valence-electron chi connectivity index (χ2n) is 6.29. The Morgan fingerprint density at radius 3 is 2.72 bits per heavy atom. The normalized spacial score (nSPS) is 32.1. The third kappa shape index (κ3) is 1.53. The summed E-state index contributed by atoms with van der Waals surface area (Å²) in [6, 6.07) is 1.91. The van der Waals surface area contributed by atoms with Crippen LogP contribution < -0.4 is 11.1 Å². The summed E-state index contributed by atoms with van der Waals surface area (Å²) in [5, 5.41) is 7.17. The number of carbonyl (C=O) groups excluding carboxylic acids is 1. The molecule has 18 heavy (non-hydrogen) atoms. The Balaban J connectivity index is 1.66. The van der Waals surface area contributed by atoms with Crippen molar-refractivity contribution in [3.8, 4) is 0 Å². The molecule has 1 aromatic heterocycles. The topological polar surface area (TPSA) is 72.9 Å². The zero-order chi connectivity index (χ0) is 13.1. The van der Waals surface area contributed by atoms with Crippen molar-refractivity contribution in [2.45, 2.75) is 39.2 Å². The SMILES string of the molecule is Cn1nc(C(=O)N[C@H]2C[C@]2(C)C2(C)CC2)cc1N. The molecule has 2 atom stereocenters. The standard InChI is InChI=1S/C13H20N4O/c1-12(4-5-12)13(2)7-9(13)15-11(18)8-6-10(14)17(3)16-8/h6,9H,4-5,7,14H2,1-3H3,(H,15,18)/t9-,13-/m0/s1. The molecule has 0 spiro atoms. The maximum atomic E-state index is 12.1. The average molecular weight is 248 g/mol. The first-order valence-electron chi connectivity index (χ1n) is 6.46. The van der Waals surface area contributed by atoms with Crippen LogP contribution in [0.1, 0.15) is 43.6 Å². The quantitative estimate of drug-likeness (QED) is 0.847. The predicted octanol–water partition coefficient (Wildman–Crippen LogP) is 1.31. The number of hydrogen-bond donors (Lipinski definition) is 2. The van der Waals surface area contributed by atoms with Gasteiger partial charge in [-0.25, -0.2) is 0 Å². The lowest BCUT2D eigenvalue weighted by Crippen LogP contribution is -2.31. The molecule has 3 rings (SSSR count). The van der Waals surface area contributed by atoms with Crippen LogP contribution in [0, 0.1) is 10.8 Å². The highest BCUT2D eigenvalue weighted by atomic mass is 16.2. The van der Waals surface area contributed by atoms with Gasteiger partial charge >= 0.3 is 0 Å². The van der Waals surface area contributed by atoms with E-state index in [1.807, 2.05) is 0 Å². The molecule has 0 unspecified atom stereocenters. The van der Waals surface area contributed by atoms with Crippen molar-refractivity contribution in [3.05, 3.63) is 11.8 Å². The Labute approximate surface area is 107 Å². The summed E-state index contributed by atoms with van der Waals surface area (Å²) >= 11 is 0. The van der Waals surface area contributed by atoms with E-state index in [9.17, 15) is 4.79 Å². The zero-order valence-electron chi connectivity index (χ0n) is 11.2. The molecule has 0 saturated heterocycles. The fraction of sp³-hybridized carbons (Fsp3) is 0.692. The molecule has 2 saturated carbocycles. The van der Waals surface area contributed by atoms with E-state index < -0.39 is 0 Å². The first-order chi connectivity index (χ1) is 8.36. The summed E-state index contributed by atoms with van der Waals surface area (Å²) < 4.78 is 1.52. The fourth-order valence-corrected chi connectivity index (χ4v) is 2.83. The summed E-state index contributed by atoms with van der Waals surface area (Å²) in [5.74, 6) is 0.396. The Morgan fingerprint density at radius 2 is 2.22 bits per heavy atom. The third-order valence-electron chi connectivity index (χ3n) is 5.07. The molecular weight excluding hydrogens is 228 g/mol. The molecule has 2 fully saturated rings. The molecule has 5 heteroatoms. The lowest BCUT2D eigenvalue weighted by atomic mass is 9.88. The summed E-state index contributed by atoms with van der Waals surface area (Å²) in [4.78, 5) is 12.1. The van der Waals surface area contributed by atoms with Crippen molar-refractivity contribution in [3.63, 3.8) is 0 Å². The van der Waals surface area contributed by atoms with Gasteiger partial charge in [-0.3, -0.25) is 9.48 Å². The van der Waals surface area contributed by atoms with Crippen LogP contribution in [-0.4, -0.2) is 21.7 Å². The number of amides is 1. The largest absolute Gasteiger partial charge is 0.384 e. The van der Waals surface area contributed by atoms with E-state index in [4.69, 9.17) is 5.73 Å². The van der Waals surface area contributed by atoms with Crippen LogP contribution >= 0.6 is 0 Å². The highest BCUT2D eigenvalue weighted by Gasteiger charge is 2.66. The van der Waals surface area contributed by atoms with Gasteiger partial charge in [0.15, 0.2) is 5.69 Å². The molecule has 2 aliphatic rings. The first-order valence-corrected chi connectivity index (χ1v) is 6.46. The van der Waals surface area contributed by atoms with Crippen molar-refractivity contribution in [1.29, 1.82) is 0 Å². The number of hydrogen-bond acceptors (Lipinski definition) is 3. The number of aromatic nitrogens is 2. The second kappa shape index (κ2) is 3.28. The molecule has 0 aromatic carbocycles. The van der Waals surface area contributed by atoms with E-state index in [0.717, 1.165) is 6.42 Å². The summed E-state index contributed by atoms with van der Waals surface area (Å²) in [6.45, 7) is 4.59. The number of nitrogens with two attached hydrogens (primary N) is 1. The lowest BCUT2D eigenvalue weighted by molar-refractivity contribution is 0.0935. The maximum Gasteiger partial charge on any atom is 0.272 e. The number of anilines is 1. The monoisotopic (exact) mass is 248 g/mol. The molecule has 5 nitrogen and oxygen atoms in total. The molecule has 0 bridgehead atoms. The summed E-state index contributed by atoms with van der Waals surface area (Å²) in [5.41, 5.74) is 6.80. The van der Waals surface area contributed by atoms with Gasteiger partial charge in [0.1, 0.15) is 5.82 Å². The third-order valence-corrected chi connectivity index (χ3v) is 5.07. The number of nitrogens with one attached hydrogen (secondary N) is 1. The molecule has 0 radical (unpaired) electrons. The van der Waals surface area contributed by atoms with Crippen molar-refractivity contribution in [2.24, 2.45) is 17.9 Å². The minimum absolute atomic E-state index is 0.111. The molecule has 0 aliphatic heterocycles. The van der Waals surface area contributed by atoms with E-state index in [0.29, 0.717) is 23.0 Å². The van der Waals surface area contributed by atoms with Gasteiger partial charge in [-0.15, -0.1) is 0 Å². The molecule has 98 valence electrons. The van der Waals surface area contributed by atoms with Crippen LogP contribution in [0.5, 0.6) is 0 Å². The van der Waals surface area contributed by atoms with Gasteiger partial charge in [0, 0.05) is 19.2 Å². The van der Waals surface area contributed by atoms with Crippen LogP contribution in [-0.2, 0) is 7.05 Å². The van der Waals surface area contributed by atoms with Crippen molar-refractivity contribution >= 4 is 11.7 Å². The Morgan fingerprint density at radius 1 is 1.56 bits per heavy atom. The van der Waals surface area contributed by atoms with Gasteiger partial charge in [-0.2, -0.15) is 5.10 Å². The van der Waals surface area contributed by atoms with Gasteiger partial charge in [0.2, 0.25) is 0 Å². The van der Waals surface area contributed by atoms with Crippen molar-refractivity contribution in [1.82, 2.24) is 15.1 Å². The van der Waals surface area contributed by atoms with E-state index in [2.05, 4.69) is 24.3 Å². The van der Waals surface area contributed by atoms with Gasteiger partial charge in [-0.05, 0) is 30.1 Å². The number of nitrogens with zero attached hydrogens (tertiary/aromatic N) is 2. The second-order valence-corrected chi connectivity index (χ2v) is 6.29. The van der Waals surface area contributed by atoms with Gasteiger partial charge < -0.3 is 11.1 Å². The number of aryl methyl sites for hydroxylation is 1. The maximum absolute atomic E-state index is 12.1.